The quantitative estimate of drug-likeness (QED) is 0.325. The molecule has 44 heavy (non-hydrogen) atoms. The Morgan fingerprint density at radius 1 is 1.27 bits per heavy atom. The fourth-order valence-corrected chi connectivity index (χ4v) is 6.99. The Labute approximate surface area is 252 Å². The van der Waals surface area contributed by atoms with Gasteiger partial charge < -0.3 is 24.6 Å². The molecule has 2 amide bonds. The molecule has 2 N–H and O–H groups in total. The lowest BCUT2D eigenvalue weighted by atomic mass is 9.57. The molecule has 14 heteroatoms. The second-order valence-electron chi connectivity index (χ2n) is 11.5. The second kappa shape index (κ2) is 9.40. The maximum absolute atomic E-state index is 15.6. The molecule has 0 radical (unpaired) electrons. The zero-order valence-electron chi connectivity index (χ0n) is 25.9. The van der Waals surface area contributed by atoms with Gasteiger partial charge in [-0.2, -0.15) is 14.0 Å². The molecular formula is C30H24F3N7O4. The van der Waals surface area contributed by atoms with Crippen LogP contribution in [-0.4, -0.2) is 60.7 Å². The van der Waals surface area contributed by atoms with E-state index in [4.69, 9.17) is 18.9 Å². The van der Waals surface area contributed by atoms with Gasteiger partial charge in [-0.25, -0.2) is 19.2 Å². The highest BCUT2D eigenvalue weighted by molar-refractivity contribution is 5.97. The molecule has 5 heterocycles. The molecule has 3 aromatic heterocycles. The van der Waals surface area contributed by atoms with Crippen molar-refractivity contribution in [3.05, 3.63) is 71.1 Å². The number of nitriles is 1. The number of benzene rings is 1. The van der Waals surface area contributed by atoms with Crippen molar-refractivity contribution in [1.82, 2.24) is 29.7 Å². The van der Waals surface area contributed by atoms with Gasteiger partial charge in [-0.15, -0.1) is 0 Å². The molecule has 2 aliphatic heterocycles. The van der Waals surface area contributed by atoms with Crippen LogP contribution < -0.4 is 10.1 Å². The third-order valence-corrected chi connectivity index (χ3v) is 8.59. The van der Waals surface area contributed by atoms with Crippen molar-refractivity contribution >= 4 is 23.2 Å². The number of nitrogens with zero attached hydrogens (tertiary/aromatic N) is 6. The zero-order valence-corrected chi connectivity index (χ0v) is 22.9. The Balaban J connectivity index is 1.33. The normalized spacial score (nSPS) is 26.5. The maximum atomic E-state index is 15.6. The van der Waals surface area contributed by atoms with Crippen molar-refractivity contribution < 1.29 is 36.7 Å². The number of fused-ring (bicyclic) bond motifs is 9. The Bertz CT molecular complexity index is 2040. The van der Waals surface area contributed by atoms with Crippen molar-refractivity contribution in [2.24, 2.45) is 0 Å². The first-order valence-corrected chi connectivity index (χ1v) is 13.5. The number of carbonyl (C=O) groups excluding carboxylic acids is 1. The van der Waals surface area contributed by atoms with E-state index in [0.29, 0.717) is 5.52 Å². The number of imidazole rings is 1. The van der Waals surface area contributed by atoms with Crippen LogP contribution in [0.4, 0.5) is 18.0 Å². The number of rotatable bonds is 5. The third-order valence-electron chi connectivity index (χ3n) is 8.59. The molecular weight excluding hydrogens is 579 g/mol. The summed E-state index contributed by atoms with van der Waals surface area (Å²) in [4.78, 5) is 39.0. The maximum Gasteiger partial charge on any atom is 0.405 e. The van der Waals surface area contributed by atoms with E-state index in [0.717, 1.165) is 4.90 Å². The summed E-state index contributed by atoms with van der Waals surface area (Å²) < 4.78 is 73.4. The van der Waals surface area contributed by atoms with Crippen molar-refractivity contribution in [3.8, 4) is 23.1 Å². The second-order valence-corrected chi connectivity index (χ2v) is 11.5. The van der Waals surface area contributed by atoms with Crippen molar-refractivity contribution in [2.45, 2.75) is 55.8 Å². The van der Waals surface area contributed by atoms with E-state index in [1.54, 1.807) is 23.6 Å². The summed E-state index contributed by atoms with van der Waals surface area (Å²) in [5, 5.41) is 21.4. The molecule has 4 aromatic rings. The molecule has 1 fully saturated rings. The number of carboxylic acid groups (broad SMARTS) is 1. The smallest absolute Gasteiger partial charge is 0.405 e. The first-order valence-electron chi connectivity index (χ1n) is 15.0. The fourth-order valence-electron chi connectivity index (χ4n) is 6.99. The molecule has 11 nitrogen and oxygen atoms in total. The minimum atomic E-state index is -3.22. The highest BCUT2D eigenvalue weighted by Gasteiger charge is 2.56. The number of alkyl halides is 2. The number of halogens is 3. The number of hydrogen-bond acceptors (Lipinski definition) is 7. The number of ether oxygens (including phenoxy) is 1. The number of pyridine rings is 2. The van der Waals surface area contributed by atoms with Crippen LogP contribution in [0.3, 0.4) is 0 Å². The summed E-state index contributed by atoms with van der Waals surface area (Å²) in [6.07, 6.45) is 0.135. The van der Waals surface area contributed by atoms with Gasteiger partial charge in [-0.1, -0.05) is 6.07 Å². The largest absolute Gasteiger partial charge is 0.465 e. The Morgan fingerprint density at radius 3 is 2.75 bits per heavy atom. The van der Waals surface area contributed by atoms with Crippen LogP contribution in [0, 0.1) is 17.1 Å². The molecule has 7 rings (SSSR count). The van der Waals surface area contributed by atoms with Crippen molar-refractivity contribution in [3.63, 3.8) is 0 Å². The van der Waals surface area contributed by atoms with E-state index in [2.05, 4.69) is 21.4 Å². The number of hydrogen-bond donors (Lipinski definition) is 2. The Kier molecular flexibility index (Phi) is 5.19. The molecule has 0 saturated heterocycles. The molecule has 2 atom stereocenters. The summed E-state index contributed by atoms with van der Waals surface area (Å²) in [5.74, 6) is -1.76. The molecule has 1 aromatic carbocycles. The van der Waals surface area contributed by atoms with Crippen LogP contribution in [0.2, 0.25) is 0 Å². The van der Waals surface area contributed by atoms with Gasteiger partial charge in [0.2, 0.25) is 0 Å². The molecule has 224 valence electrons. The van der Waals surface area contributed by atoms with Gasteiger partial charge in [-0.05, 0) is 50.1 Å². The summed E-state index contributed by atoms with van der Waals surface area (Å²) in [7, 11) is 0. The fraction of sp³-hybridized carbons (Fsp3) is 0.333. The highest BCUT2D eigenvalue weighted by Crippen LogP contribution is 2.51. The van der Waals surface area contributed by atoms with Crippen LogP contribution in [0.15, 0.2) is 42.6 Å². The number of amides is 2. The molecule has 0 unspecified atom stereocenters. The summed E-state index contributed by atoms with van der Waals surface area (Å²) >= 11 is 0. The van der Waals surface area contributed by atoms with Crippen LogP contribution in [0.5, 0.6) is 5.75 Å². The van der Waals surface area contributed by atoms with Crippen LogP contribution in [0.1, 0.15) is 69.8 Å². The van der Waals surface area contributed by atoms with E-state index < -0.39 is 54.4 Å². The van der Waals surface area contributed by atoms with Crippen molar-refractivity contribution in [1.29, 1.82) is 5.26 Å². The molecule has 1 saturated carbocycles. The molecule has 3 aliphatic rings. The monoisotopic (exact) mass is 606 g/mol. The number of aromatic nitrogens is 4. The first-order chi connectivity index (χ1) is 22.1. The first kappa shape index (κ1) is 24.3. The highest BCUT2D eigenvalue weighted by atomic mass is 19.3. The number of carbonyl (C=O) groups is 2. The lowest BCUT2D eigenvalue weighted by Crippen LogP contribution is -2.61. The van der Waals surface area contributed by atoms with E-state index in [1.165, 1.54) is 30.5 Å². The average Bonchev–Trinajstić information content (AvgIpc) is 3.47. The van der Waals surface area contributed by atoms with E-state index in [1.807, 2.05) is 0 Å². The summed E-state index contributed by atoms with van der Waals surface area (Å²) in [6.45, 7) is -4.49. The zero-order chi connectivity index (χ0) is 33.6. The van der Waals surface area contributed by atoms with E-state index in [-0.39, 0.29) is 64.6 Å². The predicted octanol–water partition coefficient (Wildman–Crippen LogP) is 4.94. The topological polar surface area (TPSA) is 146 Å². The lowest BCUT2D eigenvalue weighted by Gasteiger charge is -2.50. The SMILES string of the molecule is [2H]C([2H])([2H])N1C(=O)c2cccc(OC(F)F)c2[C@H]2C[C@@H]1c1nc3ccc(-c4cnc(C5(C#N)CC(C)(NC(=O)O)C5)c(F)c4)nc3n12. The van der Waals surface area contributed by atoms with Gasteiger partial charge >= 0.3 is 12.7 Å². The standard InChI is InChI=1S/C30H24F3N7O4/c1-29(38-28(42)43)11-30(12-29,13-34)23-16(31)8-14(10-35-23)17-6-7-18-24(36-17)40-19-9-20(25(40)37-18)39(2)26(41)15-4-3-5-21(22(15)19)44-27(32)33/h3-8,10,19-20,27,38H,9,11-12H2,1-2H3,(H,42,43)/t19-,20-,29?,30?/m1/s1/i2D3. The van der Waals surface area contributed by atoms with E-state index in [9.17, 15) is 23.6 Å². The Hall–Kier alpha value is -5.19. The van der Waals surface area contributed by atoms with E-state index >= 15 is 4.39 Å². The van der Waals surface area contributed by atoms with Gasteiger partial charge in [0.1, 0.15) is 28.3 Å². The van der Waals surface area contributed by atoms with Gasteiger partial charge in [0.05, 0.1) is 29.5 Å². The minimum Gasteiger partial charge on any atom is -0.465 e. The van der Waals surface area contributed by atoms with Crippen LogP contribution in [0.25, 0.3) is 22.4 Å². The van der Waals surface area contributed by atoms with Gasteiger partial charge in [-0.3, -0.25) is 9.78 Å². The molecule has 0 spiro atoms. The van der Waals surface area contributed by atoms with Crippen LogP contribution >= 0.6 is 0 Å². The lowest BCUT2D eigenvalue weighted by molar-refractivity contribution is -0.0507. The average molecular weight is 607 g/mol. The summed E-state index contributed by atoms with van der Waals surface area (Å²) in [6, 6.07) is 8.45. The van der Waals surface area contributed by atoms with Gasteiger partial charge in [0, 0.05) is 45.9 Å². The molecule has 1 aliphatic carbocycles. The minimum absolute atomic E-state index is 0.00169. The summed E-state index contributed by atoms with van der Waals surface area (Å²) in [5.41, 5.74) is -1.37. The van der Waals surface area contributed by atoms with Crippen LogP contribution in [-0.2, 0) is 5.41 Å². The number of nitrogens with one attached hydrogen (secondary N) is 1. The van der Waals surface area contributed by atoms with Gasteiger partial charge in [0.25, 0.3) is 5.91 Å². The Morgan fingerprint density at radius 2 is 2.07 bits per heavy atom. The van der Waals surface area contributed by atoms with Gasteiger partial charge in [0.15, 0.2) is 5.65 Å². The molecule has 2 bridgehead atoms. The predicted molar refractivity (Wildman–Crippen MR) is 147 cm³/mol. The third kappa shape index (κ3) is 3.99. The van der Waals surface area contributed by atoms with Crippen molar-refractivity contribution in [2.75, 3.05) is 6.98 Å².